The highest BCUT2D eigenvalue weighted by atomic mass is 32.1. The molecule has 0 saturated heterocycles. The maximum Gasteiger partial charge on any atom is 0.267 e. The molecule has 0 spiro atoms. The van der Waals surface area contributed by atoms with E-state index in [9.17, 15) is 9.90 Å². The molecule has 0 unspecified atom stereocenters. The summed E-state index contributed by atoms with van der Waals surface area (Å²) in [5, 5.41) is 18.5. The second-order valence-corrected chi connectivity index (χ2v) is 9.98. The monoisotopic (exact) mass is 511 g/mol. The highest BCUT2D eigenvalue weighted by Crippen LogP contribution is 2.33. The fourth-order valence-electron chi connectivity index (χ4n) is 4.08. The number of nitrogens with one attached hydrogen (secondary N) is 2. The minimum Gasteiger partial charge on any atom is -0.493 e. The second kappa shape index (κ2) is 10.8. The van der Waals surface area contributed by atoms with Gasteiger partial charge in [-0.3, -0.25) is 4.79 Å². The van der Waals surface area contributed by atoms with Gasteiger partial charge in [0.25, 0.3) is 5.91 Å². The number of carbonyl (C=O) groups excluding carboxylic acids is 1. The van der Waals surface area contributed by atoms with Gasteiger partial charge < -0.3 is 15.7 Å². The molecule has 5 rings (SSSR count). The average Bonchev–Trinajstić information content (AvgIpc) is 3.49. The van der Waals surface area contributed by atoms with Crippen LogP contribution in [-0.2, 0) is 6.42 Å². The molecule has 0 saturated carbocycles. The van der Waals surface area contributed by atoms with Gasteiger partial charge in [0, 0.05) is 23.7 Å². The Morgan fingerprint density at radius 2 is 1.73 bits per heavy atom. The van der Waals surface area contributed by atoms with E-state index in [0.29, 0.717) is 17.2 Å². The second-order valence-electron chi connectivity index (χ2n) is 8.95. The Kier molecular flexibility index (Phi) is 7.18. The number of aromatic hydroxyl groups is 1. The molecule has 0 radical (unpaired) electrons. The number of para-hydroxylation sites is 1. The van der Waals surface area contributed by atoms with Crippen molar-refractivity contribution in [3.8, 4) is 5.88 Å². The van der Waals surface area contributed by atoms with E-state index < -0.39 is 0 Å². The molecule has 5 aromatic rings. The van der Waals surface area contributed by atoms with Crippen molar-refractivity contribution in [2.24, 2.45) is 0 Å². The van der Waals surface area contributed by atoms with Gasteiger partial charge >= 0.3 is 0 Å². The van der Waals surface area contributed by atoms with Crippen LogP contribution in [0.5, 0.6) is 5.88 Å². The van der Waals surface area contributed by atoms with Crippen molar-refractivity contribution in [2.45, 2.75) is 32.6 Å². The molecule has 2 heterocycles. The van der Waals surface area contributed by atoms with E-state index in [4.69, 9.17) is 0 Å². The molecule has 0 aliphatic rings. The van der Waals surface area contributed by atoms with Gasteiger partial charge in [-0.15, -0.1) is 0 Å². The molecule has 8 heteroatoms. The van der Waals surface area contributed by atoms with E-state index in [-0.39, 0.29) is 17.7 Å². The molecule has 0 bridgehead atoms. The maximum atomic E-state index is 13.3. The van der Waals surface area contributed by atoms with Crippen LogP contribution in [0.2, 0.25) is 0 Å². The quantitative estimate of drug-likeness (QED) is 0.202. The molecule has 37 heavy (non-hydrogen) atoms. The van der Waals surface area contributed by atoms with Crippen LogP contribution in [0.4, 0.5) is 16.8 Å². The number of hydrogen-bond acceptors (Lipinski definition) is 7. The van der Waals surface area contributed by atoms with Crippen LogP contribution in [0, 0.1) is 0 Å². The molecule has 7 nitrogen and oxygen atoms in total. The number of benzene rings is 3. The first-order valence-electron chi connectivity index (χ1n) is 12.4. The molecule has 0 fully saturated rings. The number of thiazole rings is 1. The summed E-state index contributed by atoms with van der Waals surface area (Å²) in [6.45, 7) is 4.79. The zero-order chi connectivity index (χ0) is 25.8. The zero-order valence-electron chi connectivity index (χ0n) is 20.8. The number of nitrogens with zero attached hydrogens (tertiary/aromatic N) is 3. The van der Waals surface area contributed by atoms with E-state index in [1.165, 1.54) is 14.8 Å². The molecule has 2 aromatic heterocycles. The Hall–Kier alpha value is -4.17. The maximum absolute atomic E-state index is 13.3. The fourth-order valence-corrected chi connectivity index (χ4v) is 4.98. The van der Waals surface area contributed by atoms with Gasteiger partial charge in [0.1, 0.15) is 5.69 Å². The Balaban J connectivity index is 1.29. The van der Waals surface area contributed by atoms with Gasteiger partial charge in [-0.05, 0) is 54.8 Å². The number of imidazole rings is 1. The largest absolute Gasteiger partial charge is 0.493 e. The SMILES string of the molecule is CC[C@H](C)c1nc(Nc2ccc(CCNc3nc4ccccc4s3)cc2)n(C(=O)c2ccccc2)c1O. The summed E-state index contributed by atoms with van der Waals surface area (Å²) in [4.78, 5) is 22.5. The molecule has 188 valence electrons. The number of aromatic nitrogens is 3. The van der Waals surface area contributed by atoms with Gasteiger partial charge in [-0.1, -0.05) is 67.6 Å². The topological polar surface area (TPSA) is 92.1 Å². The predicted molar refractivity (Wildman–Crippen MR) is 150 cm³/mol. The van der Waals surface area contributed by atoms with Crippen LogP contribution < -0.4 is 10.6 Å². The Morgan fingerprint density at radius 1 is 1.00 bits per heavy atom. The smallest absolute Gasteiger partial charge is 0.267 e. The third kappa shape index (κ3) is 5.34. The lowest BCUT2D eigenvalue weighted by atomic mass is 10.1. The van der Waals surface area contributed by atoms with Gasteiger partial charge in [-0.25, -0.2) is 14.5 Å². The van der Waals surface area contributed by atoms with E-state index >= 15 is 0 Å². The van der Waals surface area contributed by atoms with Gasteiger partial charge in [0.05, 0.1) is 10.2 Å². The Morgan fingerprint density at radius 3 is 2.46 bits per heavy atom. The summed E-state index contributed by atoms with van der Waals surface area (Å²) in [7, 11) is 0. The molecule has 0 aliphatic heterocycles. The summed E-state index contributed by atoms with van der Waals surface area (Å²) >= 11 is 1.66. The number of fused-ring (bicyclic) bond motifs is 1. The van der Waals surface area contributed by atoms with Crippen LogP contribution in [0.3, 0.4) is 0 Å². The third-order valence-electron chi connectivity index (χ3n) is 6.38. The van der Waals surface area contributed by atoms with Crippen molar-refractivity contribution >= 4 is 44.2 Å². The van der Waals surface area contributed by atoms with E-state index in [0.717, 1.165) is 35.7 Å². The van der Waals surface area contributed by atoms with Crippen molar-refractivity contribution in [1.82, 2.24) is 14.5 Å². The molecule has 3 aromatic carbocycles. The first-order chi connectivity index (χ1) is 18.0. The van der Waals surface area contributed by atoms with Gasteiger partial charge in [0.2, 0.25) is 11.8 Å². The minimum absolute atomic E-state index is 0.00989. The summed E-state index contributed by atoms with van der Waals surface area (Å²) in [6, 6.07) is 25.0. The number of rotatable bonds is 9. The Bertz CT molecular complexity index is 1480. The standard InChI is InChI=1S/C29H29N5O2S/c1-3-19(2)25-27(36)34(26(35)21-9-5-4-6-10-21)28(33-25)31-22-15-13-20(14-16-22)17-18-30-29-32-23-11-7-8-12-24(23)37-29/h4-16,19,36H,3,17-18H2,1-2H3,(H,30,32)(H,31,33)/t19-/m0/s1. The lowest BCUT2D eigenvalue weighted by Crippen LogP contribution is -2.14. The summed E-state index contributed by atoms with van der Waals surface area (Å²) in [5.74, 6) is -0.147. The van der Waals surface area contributed by atoms with Gasteiger partial charge in [-0.2, -0.15) is 0 Å². The zero-order valence-corrected chi connectivity index (χ0v) is 21.6. The third-order valence-corrected chi connectivity index (χ3v) is 7.37. The van der Waals surface area contributed by atoms with Crippen molar-refractivity contribution in [3.63, 3.8) is 0 Å². The number of hydrogen-bond donors (Lipinski definition) is 3. The van der Waals surface area contributed by atoms with Crippen LogP contribution in [0.1, 0.15) is 47.8 Å². The minimum atomic E-state index is -0.333. The summed E-state index contributed by atoms with van der Waals surface area (Å²) < 4.78 is 2.43. The van der Waals surface area contributed by atoms with E-state index in [1.54, 1.807) is 35.6 Å². The van der Waals surface area contributed by atoms with Crippen molar-refractivity contribution in [3.05, 3.63) is 95.7 Å². The van der Waals surface area contributed by atoms with E-state index in [1.807, 2.05) is 62.4 Å². The van der Waals surface area contributed by atoms with Crippen molar-refractivity contribution in [2.75, 3.05) is 17.2 Å². The molecule has 1 atom stereocenters. The van der Waals surface area contributed by atoms with Crippen LogP contribution >= 0.6 is 11.3 Å². The molecule has 0 aliphatic carbocycles. The normalized spacial score (nSPS) is 11.9. The van der Waals surface area contributed by atoms with Crippen LogP contribution in [0.15, 0.2) is 78.9 Å². The van der Waals surface area contributed by atoms with Crippen molar-refractivity contribution in [1.29, 1.82) is 0 Å². The lowest BCUT2D eigenvalue weighted by Gasteiger charge is -2.10. The number of anilines is 3. The average molecular weight is 512 g/mol. The molecule has 0 amide bonds. The molecular formula is C29H29N5O2S. The summed E-state index contributed by atoms with van der Waals surface area (Å²) in [6.07, 6.45) is 1.64. The fraction of sp³-hybridized carbons (Fsp3) is 0.207. The first kappa shape index (κ1) is 24.5. The Labute approximate surface area is 219 Å². The van der Waals surface area contributed by atoms with Crippen LogP contribution in [-0.4, -0.2) is 32.1 Å². The first-order valence-corrected chi connectivity index (χ1v) is 13.2. The van der Waals surface area contributed by atoms with E-state index in [2.05, 4.69) is 26.7 Å². The van der Waals surface area contributed by atoms with Gasteiger partial charge in [0.15, 0.2) is 5.13 Å². The highest BCUT2D eigenvalue weighted by molar-refractivity contribution is 7.22. The highest BCUT2D eigenvalue weighted by Gasteiger charge is 2.25. The number of carbonyl (C=O) groups is 1. The predicted octanol–water partition coefficient (Wildman–Crippen LogP) is 6.80. The van der Waals surface area contributed by atoms with Crippen molar-refractivity contribution < 1.29 is 9.90 Å². The molecular weight excluding hydrogens is 482 g/mol. The summed E-state index contributed by atoms with van der Waals surface area (Å²) in [5.41, 5.74) is 3.95. The lowest BCUT2D eigenvalue weighted by molar-refractivity contribution is 0.0953. The van der Waals surface area contributed by atoms with Crippen LogP contribution in [0.25, 0.3) is 10.2 Å². The molecule has 3 N–H and O–H groups in total.